The lowest BCUT2D eigenvalue weighted by molar-refractivity contribution is 0.00578. The Balaban J connectivity index is 2.20. The second-order valence-corrected chi connectivity index (χ2v) is 5.47. The molecule has 1 aliphatic heterocycles. The lowest BCUT2D eigenvalue weighted by Gasteiger charge is -2.32. The largest absolute Gasteiger partial charge is 0.498 e. The number of nitrogens with zero attached hydrogens (tertiary/aromatic N) is 2. The van der Waals surface area contributed by atoms with E-state index in [0.29, 0.717) is 0 Å². The number of rotatable bonds is 2. The highest BCUT2D eigenvalue weighted by Crippen LogP contribution is 2.36. The highest BCUT2D eigenvalue weighted by atomic mass is 16.7. The number of aliphatic hydroxyl groups excluding tert-OH is 1. The Morgan fingerprint density at radius 1 is 1.29 bits per heavy atom. The zero-order valence-electron chi connectivity index (χ0n) is 11.0. The maximum absolute atomic E-state index is 9.40. The molecule has 1 aliphatic rings. The van der Waals surface area contributed by atoms with Gasteiger partial charge in [-0.1, -0.05) is 0 Å². The van der Waals surface area contributed by atoms with Crippen molar-refractivity contribution in [3.63, 3.8) is 0 Å². The standard InChI is InChI=1S/C11H19BN2O3/c1-8(15)14-7-9(6-13-14)12-16-10(2,3)11(4,5)17-12/h6-8,15H,1-5H3. The summed E-state index contributed by atoms with van der Waals surface area (Å²) in [4.78, 5) is 0. The van der Waals surface area contributed by atoms with Crippen LogP contribution >= 0.6 is 0 Å². The second-order valence-electron chi connectivity index (χ2n) is 5.47. The van der Waals surface area contributed by atoms with Gasteiger partial charge in [-0.15, -0.1) is 0 Å². The molecule has 2 heterocycles. The highest BCUT2D eigenvalue weighted by molar-refractivity contribution is 6.61. The first-order valence-corrected chi connectivity index (χ1v) is 5.81. The van der Waals surface area contributed by atoms with Gasteiger partial charge in [-0.05, 0) is 34.6 Å². The van der Waals surface area contributed by atoms with E-state index in [1.165, 1.54) is 4.68 Å². The minimum absolute atomic E-state index is 0.357. The molecule has 0 amide bonds. The van der Waals surface area contributed by atoms with Crippen LogP contribution in [0.3, 0.4) is 0 Å². The van der Waals surface area contributed by atoms with Crippen LogP contribution in [0.25, 0.3) is 0 Å². The lowest BCUT2D eigenvalue weighted by atomic mass is 9.82. The second kappa shape index (κ2) is 3.83. The smallest absolute Gasteiger partial charge is 0.399 e. The Labute approximate surface area is 102 Å². The van der Waals surface area contributed by atoms with Gasteiger partial charge in [-0.25, -0.2) is 4.68 Å². The topological polar surface area (TPSA) is 56.5 Å². The van der Waals surface area contributed by atoms with Crippen molar-refractivity contribution in [3.05, 3.63) is 12.4 Å². The molecule has 1 aromatic heterocycles. The zero-order chi connectivity index (χ0) is 12.8. The van der Waals surface area contributed by atoms with Crippen molar-refractivity contribution in [1.82, 2.24) is 9.78 Å². The van der Waals surface area contributed by atoms with Gasteiger partial charge in [0.15, 0.2) is 0 Å². The molecule has 0 radical (unpaired) electrons. The third kappa shape index (κ3) is 2.12. The Bertz CT molecular complexity index is 399. The average molecular weight is 238 g/mol. The van der Waals surface area contributed by atoms with Gasteiger partial charge in [0.2, 0.25) is 0 Å². The summed E-state index contributed by atoms with van der Waals surface area (Å²) in [5.74, 6) is 0. The molecule has 1 unspecified atom stereocenters. The molecular weight excluding hydrogens is 219 g/mol. The Morgan fingerprint density at radius 3 is 2.24 bits per heavy atom. The number of aliphatic hydroxyl groups is 1. The Hall–Kier alpha value is -0.845. The van der Waals surface area contributed by atoms with Crippen LogP contribution in [-0.4, -0.2) is 33.2 Å². The summed E-state index contributed by atoms with van der Waals surface area (Å²) >= 11 is 0. The van der Waals surface area contributed by atoms with Crippen LogP contribution < -0.4 is 5.46 Å². The van der Waals surface area contributed by atoms with Gasteiger partial charge in [0.05, 0.1) is 11.2 Å². The SMILES string of the molecule is CC(O)n1cc(B2OC(C)(C)C(C)(C)O2)cn1. The van der Waals surface area contributed by atoms with E-state index in [9.17, 15) is 5.11 Å². The molecule has 1 fully saturated rings. The number of hydrogen-bond acceptors (Lipinski definition) is 4. The molecule has 0 saturated carbocycles. The molecule has 6 heteroatoms. The van der Waals surface area contributed by atoms with Gasteiger partial charge in [0.1, 0.15) is 6.23 Å². The zero-order valence-corrected chi connectivity index (χ0v) is 11.0. The summed E-state index contributed by atoms with van der Waals surface area (Å²) in [6.07, 6.45) is 2.76. The van der Waals surface area contributed by atoms with Crippen molar-refractivity contribution in [3.8, 4) is 0 Å². The number of hydrogen-bond donors (Lipinski definition) is 1. The summed E-state index contributed by atoms with van der Waals surface area (Å²) in [5, 5.41) is 13.5. The molecule has 1 aromatic rings. The van der Waals surface area contributed by atoms with Crippen LogP contribution in [0.1, 0.15) is 40.8 Å². The van der Waals surface area contributed by atoms with Crippen LogP contribution in [0.15, 0.2) is 12.4 Å². The molecule has 17 heavy (non-hydrogen) atoms. The fourth-order valence-electron chi connectivity index (χ4n) is 1.66. The minimum atomic E-state index is -0.647. The van der Waals surface area contributed by atoms with Crippen LogP contribution in [0.5, 0.6) is 0 Å². The van der Waals surface area contributed by atoms with Crippen molar-refractivity contribution < 1.29 is 14.4 Å². The molecular formula is C11H19BN2O3. The van der Waals surface area contributed by atoms with Crippen LogP contribution in [-0.2, 0) is 9.31 Å². The molecule has 94 valence electrons. The molecule has 1 saturated heterocycles. The molecule has 2 rings (SSSR count). The van der Waals surface area contributed by atoms with E-state index in [4.69, 9.17) is 9.31 Å². The van der Waals surface area contributed by atoms with Gasteiger partial charge in [0.25, 0.3) is 0 Å². The maximum atomic E-state index is 9.40. The van der Waals surface area contributed by atoms with E-state index < -0.39 is 13.3 Å². The minimum Gasteiger partial charge on any atom is -0.399 e. The van der Waals surface area contributed by atoms with E-state index in [1.807, 2.05) is 27.7 Å². The van der Waals surface area contributed by atoms with Gasteiger partial charge < -0.3 is 14.4 Å². The summed E-state index contributed by atoms with van der Waals surface area (Å²) in [5.41, 5.74) is 0.111. The van der Waals surface area contributed by atoms with Gasteiger partial charge in [-0.2, -0.15) is 5.10 Å². The predicted molar refractivity (Wildman–Crippen MR) is 64.9 cm³/mol. The van der Waals surface area contributed by atoms with Crippen molar-refractivity contribution in [1.29, 1.82) is 0 Å². The van der Waals surface area contributed by atoms with Crippen molar-refractivity contribution in [2.75, 3.05) is 0 Å². The monoisotopic (exact) mass is 238 g/mol. The van der Waals surface area contributed by atoms with Crippen molar-refractivity contribution in [2.45, 2.75) is 52.0 Å². The van der Waals surface area contributed by atoms with Crippen LogP contribution in [0.2, 0.25) is 0 Å². The van der Waals surface area contributed by atoms with Gasteiger partial charge in [0, 0.05) is 17.9 Å². The third-order valence-corrected chi connectivity index (χ3v) is 3.53. The normalized spacial score (nSPS) is 24.0. The van der Waals surface area contributed by atoms with Crippen molar-refractivity contribution in [2.24, 2.45) is 0 Å². The molecule has 1 N–H and O–H groups in total. The summed E-state index contributed by atoms with van der Waals surface area (Å²) < 4.78 is 13.2. The van der Waals surface area contributed by atoms with E-state index >= 15 is 0 Å². The van der Waals surface area contributed by atoms with Gasteiger partial charge in [-0.3, -0.25) is 0 Å². The molecule has 1 atom stereocenters. The summed E-state index contributed by atoms with van der Waals surface area (Å²) in [6.45, 7) is 9.68. The molecule has 0 spiro atoms. The Morgan fingerprint density at radius 2 is 1.82 bits per heavy atom. The average Bonchev–Trinajstić information content (AvgIpc) is 2.70. The fourth-order valence-corrected chi connectivity index (χ4v) is 1.66. The third-order valence-electron chi connectivity index (χ3n) is 3.53. The Kier molecular flexibility index (Phi) is 2.84. The first-order chi connectivity index (χ1) is 7.73. The highest BCUT2D eigenvalue weighted by Gasteiger charge is 2.52. The van der Waals surface area contributed by atoms with Crippen LogP contribution in [0.4, 0.5) is 0 Å². The molecule has 0 bridgehead atoms. The lowest BCUT2D eigenvalue weighted by Crippen LogP contribution is -2.41. The first-order valence-electron chi connectivity index (χ1n) is 5.81. The summed E-state index contributed by atoms with van der Waals surface area (Å²) in [6, 6.07) is 0. The maximum Gasteiger partial charge on any atom is 0.498 e. The molecule has 5 nitrogen and oxygen atoms in total. The number of aromatic nitrogens is 2. The summed E-state index contributed by atoms with van der Waals surface area (Å²) in [7, 11) is -0.424. The van der Waals surface area contributed by atoms with E-state index in [1.54, 1.807) is 19.3 Å². The van der Waals surface area contributed by atoms with Crippen molar-refractivity contribution >= 4 is 12.6 Å². The van der Waals surface area contributed by atoms with Gasteiger partial charge >= 0.3 is 7.12 Å². The quantitative estimate of drug-likeness (QED) is 0.770. The first kappa shape index (κ1) is 12.6. The van der Waals surface area contributed by atoms with E-state index in [2.05, 4.69) is 5.10 Å². The fraction of sp³-hybridized carbons (Fsp3) is 0.727. The van der Waals surface area contributed by atoms with E-state index in [0.717, 1.165) is 5.46 Å². The van der Waals surface area contributed by atoms with E-state index in [-0.39, 0.29) is 11.2 Å². The predicted octanol–water partition coefficient (Wildman–Crippen LogP) is 0.693. The molecule has 0 aromatic carbocycles. The van der Waals surface area contributed by atoms with Crippen LogP contribution in [0, 0.1) is 0 Å². The molecule has 0 aliphatic carbocycles.